The van der Waals surface area contributed by atoms with E-state index in [1.54, 1.807) is 11.9 Å². The molecule has 2 unspecified atom stereocenters. The van der Waals surface area contributed by atoms with Gasteiger partial charge in [-0.05, 0) is 18.9 Å². The number of rotatable bonds is 4. The van der Waals surface area contributed by atoms with Crippen LogP contribution in [0.2, 0.25) is 0 Å². The summed E-state index contributed by atoms with van der Waals surface area (Å²) in [6.07, 6.45) is 0.479. The largest absolute Gasteiger partial charge is 0.481 e. The molecule has 0 aliphatic heterocycles. The van der Waals surface area contributed by atoms with Gasteiger partial charge in [-0.25, -0.2) is 0 Å². The molecule has 4 nitrogen and oxygen atoms in total. The van der Waals surface area contributed by atoms with Crippen LogP contribution < -0.4 is 0 Å². The monoisotopic (exact) mass is 247 g/mol. The molecule has 1 N–H and O–H groups in total. The van der Waals surface area contributed by atoms with Crippen molar-refractivity contribution in [3.63, 3.8) is 0 Å². The Morgan fingerprint density at radius 3 is 2.39 bits per heavy atom. The molecular weight excluding hydrogens is 230 g/mol. The number of amides is 1. The van der Waals surface area contributed by atoms with Crippen molar-refractivity contribution in [3.8, 4) is 0 Å². The maximum Gasteiger partial charge on any atom is 0.307 e. The maximum absolute atomic E-state index is 12.0. The minimum absolute atomic E-state index is 0.0667. The number of carboxylic acids is 1. The van der Waals surface area contributed by atoms with Crippen LogP contribution in [0.1, 0.15) is 17.5 Å². The second-order valence-corrected chi connectivity index (χ2v) is 4.97. The van der Waals surface area contributed by atoms with Crippen molar-refractivity contribution in [2.45, 2.75) is 19.9 Å². The molecule has 18 heavy (non-hydrogen) atoms. The topological polar surface area (TPSA) is 57.6 Å². The van der Waals surface area contributed by atoms with Gasteiger partial charge in [0.15, 0.2) is 0 Å². The van der Waals surface area contributed by atoms with Crippen LogP contribution in [-0.2, 0) is 16.1 Å². The Labute approximate surface area is 106 Å². The third-order valence-electron chi connectivity index (χ3n) is 3.34. The molecule has 1 aromatic rings. The SMILES string of the molecule is Cc1ccc(CN(C)C(=O)C2CC2C(=O)O)cc1. The summed E-state index contributed by atoms with van der Waals surface area (Å²) in [5.41, 5.74) is 2.24. The Kier molecular flexibility index (Phi) is 3.36. The van der Waals surface area contributed by atoms with Crippen molar-refractivity contribution in [1.29, 1.82) is 0 Å². The summed E-state index contributed by atoms with van der Waals surface area (Å²) in [4.78, 5) is 24.3. The Hall–Kier alpha value is -1.84. The van der Waals surface area contributed by atoms with Gasteiger partial charge in [0.05, 0.1) is 11.8 Å². The van der Waals surface area contributed by atoms with Crippen LogP contribution in [0.3, 0.4) is 0 Å². The van der Waals surface area contributed by atoms with E-state index in [0.29, 0.717) is 13.0 Å². The normalized spacial score (nSPS) is 21.4. The lowest BCUT2D eigenvalue weighted by molar-refractivity contribution is -0.141. The van der Waals surface area contributed by atoms with E-state index in [4.69, 9.17) is 5.11 Å². The van der Waals surface area contributed by atoms with Crippen LogP contribution in [-0.4, -0.2) is 28.9 Å². The summed E-state index contributed by atoms with van der Waals surface area (Å²) in [6.45, 7) is 2.54. The van der Waals surface area contributed by atoms with Crippen molar-refractivity contribution >= 4 is 11.9 Å². The van der Waals surface area contributed by atoms with Gasteiger partial charge in [-0.2, -0.15) is 0 Å². The molecule has 1 saturated carbocycles. The highest BCUT2D eigenvalue weighted by atomic mass is 16.4. The number of hydrogen-bond donors (Lipinski definition) is 1. The molecular formula is C14H17NO3. The van der Waals surface area contributed by atoms with Gasteiger partial charge in [0, 0.05) is 13.6 Å². The molecule has 0 heterocycles. The number of aryl methyl sites for hydroxylation is 1. The molecule has 0 radical (unpaired) electrons. The summed E-state index contributed by atoms with van der Waals surface area (Å²) < 4.78 is 0. The second-order valence-electron chi connectivity index (χ2n) is 4.97. The highest BCUT2D eigenvalue weighted by molar-refractivity contribution is 5.89. The first kappa shape index (κ1) is 12.6. The first-order chi connectivity index (χ1) is 8.49. The summed E-state index contributed by atoms with van der Waals surface area (Å²) in [5.74, 6) is -1.73. The van der Waals surface area contributed by atoms with Gasteiger partial charge in [-0.1, -0.05) is 29.8 Å². The summed E-state index contributed by atoms with van der Waals surface area (Å²) >= 11 is 0. The molecule has 1 aromatic carbocycles. The van der Waals surface area contributed by atoms with Crippen molar-refractivity contribution in [3.05, 3.63) is 35.4 Å². The van der Waals surface area contributed by atoms with Crippen LogP contribution in [0.4, 0.5) is 0 Å². The quantitative estimate of drug-likeness (QED) is 0.880. The highest BCUT2D eigenvalue weighted by Gasteiger charge is 2.49. The number of aliphatic carboxylic acids is 1. The van der Waals surface area contributed by atoms with E-state index < -0.39 is 11.9 Å². The van der Waals surface area contributed by atoms with E-state index in [-0.39, 0.29) is 11.8 Å². The van der Waals surface area contributed by atoms with Gasteiger partial charge in [0.25, 0.3) is 0 Å². The van der Waals surface area contributed by atoms with Gasteiger partial charge in [-0.3, -0.25) is 9.59 Å². The molecule has 1 fully saturated rings. The van der Waals surface area contributed by atoms with E-state index in [1.807, 2.05) is 31.2 Å². The highest BCUT2D eigenvalue weighted by Crippen LogP contribution is 2.40. The Bertz CT molecular complexity index is 466. The fraction of sp³-hybridized carbons (Fsp3) is 0.429. The van der Waals surface area contributed by atoms with Crippen molar-refractivity contribution in [2.75, 3.05) is 7.05 Å². The Morgan fingerprint density at radius 2 is 1.89 bits per heavy atom. The third kappa shape index (κ3) is 2.70. The van der Waals surface area contributed by atoms with Crippen LogP contribution in [0.15, 0.2) is 24.3 Å². The molecule has 2 atom stereocenters. The maximum atomic E-state index is 12.0. The predicted molar refractivity (Wildman–Crippen MR) is 66.9 cm³/mol. The molecule has 0 aromatic heterocycles. The van der Waals surface area contributed by atoms with Crippen LogP contribution in [0.25, 0.3) is 0 Å². The van der Waals surface area contributed by atoms with Gasteiger partial charge in [0.2, 0.25) is 5.91 Å². The van der Waals surface area contributed by atoms with Gasteiger partial charge in [-0.15, -0.1) is 0 Å². The van der Waals surface area contributed by atoms with E-state index in [9.17, 15) is 9.59 Å². The standard InChI is InChI=1S/C14H17NO3/c1-9-3-5-10(6-4-9)8-15(2)13(16)11-7-12(11)14(17)18/h3-6,11-12H,7-8H2,1-2H3,(H,17,18). The number of carbonyl (C=O) groups is 2. The number of nitrogens with zero attached hydrogens (tertiary/aromatic N) is 1. The third-order valence-corrected chi connectivity index (χ3v) is 3.34. The summed E-state index contributed by atoms with van der Waals surface area (Å²) in [7, 11) is 1.72. The summed E-state index contributed by atoms with van der Waals surface area (Å²) in [6, 6.07) is 7.98. The van der Waals surface area contributed by atoms with Crippen molar-refractivity contribution < 1.29 is 14.7 Å². The van der Waals surface area contributed by atoms with Crippen LogP contribution in [0.5, 0.6) is 0 Å². The van der Waals surface area contributed by atoms with Crippen LogP contribution >= 0.6 is 0 Å². The minimum Gasteiger partial charge on any atom is -0.481 e. The Balaban J connectivity index is 1.92. The average molecular weight is 247 g/mol. The molecule has 1 aliphatic rings. The lowest BCUT2D eigenvalue weighted by Crippen LogP contribution is -2.28. The van der Waals surface area contributed by atoms with E-state index in [2.05, 4.69) is 0 Å². The number of benzene rings is 1. The number of carbonyl (C=O) groups excluding carboxylic acids is 1. The zero-order valence-electron chi connectivity index (χ0n) is 10.6. The fourth-order valence-corrected chi connectivity index (χ4v) is 2.07. The first-order valence-corrected chi connectivity index (χ1v) is 6.02. The first-order valence-electron chi connectivity index (χ1n) is 6.02. The summed E-state index contributed by atoms with van der Waals surface area (Å²) in [5, 5.41) is 8.80. The molecule has 0 bridgehead atoms. The number of carboxylic acid groups (broad SMARTS) is 1. The van der Waals surface area contributed by atoms with E-state index >= 15 is 0 Å². The minimum atomic E-state index is -0.864. The predicted octanol–water partition coefficient (Wildman–Crippen LogP) is 1.67. The molecule has 96 valence electrons. The molecule has 1 amide bonds. The Morgan fingerprint density at radius 1 is 1.28 bits per heavy atom. The smallest absolute Gasteiger partial charge is 0.307 e. The van der Waals surface area contributed by atoms with Crippen molar-refractivity contribution in [2.24, 2.45) is 11.8 Å². The van der Waals surface area contributed by atoms with E-state index in [1.165, 1.54) is 5.56 Å². The number of hydrogen-bond acceptors (Lipinski definition) is 2. The molecule has 0 spiro atoms. The van der Waals surface area contributed by atoms with Crippen LogP contribution in [0, 0.1) is 18.8 Å². The zero-order valence-corrected chi connectivity index (χ0v) is 10.6. The second kappa shape index (κ2) is 4.80. The lowest BCUT2D eigenvalue weighted by Gasteiger charge is -2.17. The average Bonchev–Trinajstić information content (AvgIpc) is 3.11. The molecule has 4 heteroatoms. The van der Waals surface area contributed by atoms with Gasteiger partial charge in [0.1, 0.15) is 0 Å². The van der Waals surface area contributed by atoms with E-state index in [0.717, 1.165) is 5.56 Å². The molecule has 0 saturated heterocycles. The van der Waals surface area contributed by atoms with Gasteiger partial charge < -0.3 is 10.0 Å². The molecule has 1 aliphatic carbocycles. The zero-order chi connectivity index (χ0) is 13.3. The van der Waals surface area contributed by atoms with Crippen molar-refractivity contribution in [1.82, 2.24) is 4.90 Å². The lowest BCUT2D eigenvalue weighted by atomic mass is 10.1. The molecule has 2 rings (SSSR count). The van der Waals surface area contributed by atoms with Gasteiger partial charge >= 0.3 is 5.97 Å². The fourth-order valence-electron chi connectivity index (χ4n) is 2.07.